The smallest absolute Gasteiger partial charge is 0.321 e. The first-order valence-electron chi connectivity index (χ1n) is 3.40. The maximum atomic E-state index is 10.1. The highest BCUT2D eigenvalue weighted by molar-refractivity contribution is 7.97. The second-order valence-electron chi connectivity index (χ2n) is 2.05. The predicted octanol–water partition coefficient (Wildman–Crippen LogP) is 0.0163. The van der Waals surface area contributed by atoms with Gasteiger partial charge in [-0.15, -0.1) is 0 Å². The van der Waals surface area contributed by atoms with E-state index in [1.54, 1.807) is 0 Å². The zero-order valence-electron chi connectivity index (χ0n) is 7.46. The Morgan fingerprint density at radius 2 is 1.86 bits per heavy atom. The van der Waals surface area contributed by atoms with Crippen molar-refractivity contribution in [1.82, 2.24) is 0 Å². The summed E-state index contributed by atoms with van der Waals surface area (Å²) in [6.07, 6.45) is 0. The fourth-order valence-electron chi connectivity index (χ4n) is 0.146. The van der Waals surface area contributed by atoms with Gasteiger partial charge in [0.05, 0.1) is 0 Å². The molecule has 0 bridgehead atoms. The SMILES string of the molecule is C=CS(=O)(=O)C=C.NC(CS)C(=O)O. The van der Waals surface area contributed by atoms with E-state index in [1.165, 1.54) is 0 Å². The summed E-state index contributed by atoms with van der Waals surface area (Å²) in [6.45, 7) is 6.09. The van der Waals surface area contributed by atoms with Gasteiger partial charge in [0.25, 0.3) is 0 Å². The molecule has 1 unspecified atom stereocenters. The maximum Gasteiger partial charge on any atom is 0.321 e. The number of carbonyl (C=O) groups is 1. The van der Waals surface area contributed by atoms with Crippen LogP contribution in [0.25, 0.3) is 0 Å². The molecule has 0 aromatic carbocycles. The van der Waals surface area contributed by atoms with Gasteiger partial charge in [0.2, 0.25) is 0 Å². The summed E-state index contributed by atoms with van der Waals surface area (Å²) < 4.78 is 20.3. The van der Waals surface area contributed by atoms with Gasteiger partial charge in [-0.2, -0.15) is 12.6 Å². The monoisotopic (exact) mass is 239 g/mol. The Kier molecular flexibility index (Phi) is 8.51. The van der Waals surface area contributed by atoms with E-state index in [4.69, 9.17) is 10.8 Å². The third-order valence-electron chi connectivity index (χ3n) is 0.979. The van der Waals surface area contributed by atoms with Crippen LogP contribution < -0.4 is 5.73 Å². The Labute approximate surface area is 88.6 Å². The van der Waals surface area contributed by atoms with Crippen LogP contribution in [-0.2, 0) is 14.6 Å². The zero-order valence-corrected chi connectivity index (χ0v) is 9.17. The van der Waals surface area contributed by atoms with Crippen LogP contribution in [0, 0.1) is 0 Å². The Bertz CT molecular complexity index is 283. The molecule has 0 fully saturated rings. The van der Waals surface area contributed by atoms with E-state index < -0.39 is 21.8 Å². The van der Waals surface area contributed by atoms with E-state index in [9.17, 15) is 13.2 Å². The molecule has 3 N–H and O–H groups in total. The van der Waals surface area contributed by atoms with Gasteiger partial charge in [-0.05, 0) is 0 Å². The normalized spacial score (nSPS) is 11.9. The van der Waals surface area contributed by atoms with Crippen molar-refractivity contribution >= 4 is 28.4 Å². The molecule has 1 atom stereocenters. The molecule has 0 amide bonds. The highest BCUT2D eigenvalue weighted by Gasteiger charge is 2.06. The van der Waals surface area contributed by atoms with E-state index in [-0.39, 0.29) is 5.75 Å². The second kappa shape index (κ2) is 7.60. The Balaban J connectivity index is 0. The Morgan fingerprint density at radius 1 is 1.50 bits per heavy atom. The quantitative estimate of drug-likeness (QED) is 0.601. The maximum absolute atomic E-state index is 10.1. The average Bonchev–Trinajstić information content (AvgIpc) is 2.17. The van der Waals surface area contributed by atoms with Crippen molar-refractivity contribution in [2.45, 2.75) is 6.04 Å². The highest BCUT2D eigenvalue weighted by Crippen LogP contribution is 1.87. The number of aliphatic carboxylic acids is 1. The predicted molar refractivity (Wildman–Crippen MR) is 58.8 cm³/mol. The largest absolute Gasteiger partial charge is 0.480 e. The minimum absolute atomic E-state index is 0.190. The average molecular weight is 239 g/mol. The first-order valence-corrected chi connectivity index (χ1v) is 5.64. The molecule has 0 spiro atoms. The topological polar surface area (TPSA) is 97.5 Å². The van der Waals surface area contributed by atoms with Crippen LogP contribution in [-0.4, -0.2) is 31.3 Å². The molecule has 0 aliphatic rings. The lowest BCUT2D eigenvalue weighted by Crippen LogP contribution is -2.31. The third-order valence-corrected chi connectivity index (χ3v) is 2.30. The molecule has 0 aromatic heterocycles. The Hall–Kier alpha value is -0.790. The van der Waals surface area contributed by atoms with Crippen LogP contribution in [0.15, 0.2) is 24.0 Å². The standard InChI is InChI=1S/C4H6O2S.C3H7NO2S/c1-3-7(5,6)4-2;4-2(1-7)3(5)6/h3-4H,1-2H2;2,7H,1,4H2,(H,5,6). The minimum atomic E-state index is -3.13. The molecular formula is C7H13NO4S2. The van der Waals surface area contributed by atoms with E-state index in [0.29, 0.717) is 0 Å². The lowest BCUT2D eigenvalue weighted by Gasteiger charge is -1.96. The second-order valence-corrected chi connectivity index (χ2v) is 4.26. The van der Waals surface area contributed by atoms with E-state index in [0.717, 1.165) is 10.8 Å². The highest BCUT2D eigenvalue weighted by atomic mass is 32.2. The lowest BCUT2D eigenvalue weighted by atomic mass is 10.4. The van der Waals surface area contributed by atoms with E-state index >= 15 is 0 Å². The number of carboxylic acids is 1. The number of carboxylic acid groups (broad SMARTS) is 1. The molecule has 0 radical (unpaired) electrons. The van der Waals surface area contributed by atoms with Crippen LogP contribution in [0.3, 0.4) is 0 Å². The molecule has 0 aliphatic carbocycles. The molecule has 0 aliphatic heterocycles. The number of rotatable bonds is 4. The molecule has 5 nitrogen and oxygen atoms in total. The van der Waals surface area contributed by atoms with Gasteiger partial charge in [0.15, 0.2) is 9.84 Å². The fraction of sp³-hybridized carbons (Fsp3) is 0.286. The molecule has 82 valence electrons. The van der Waals surface area contributed by atoms with Crippen molar-refractivity contribution in [3.63, 3.8) is 0 Å². The van der Waals surface area contributed by atoms with Crippen molar-refractivity contribution in [2.75, 3.05) is 5.75 Å². The van der Waals surface area contributed by atoms with Crippen LogP contribution >= 0.6 is 12.6 Å². The molecule has 0 aromatic rings. The third kappa shape index (κ3) is 9.30. The minimum Gasteiger partial charge on any atom is -0.480 e. The van der Waals surface area contributed by atoms with Gasteiger partial charge < -0.3 is 10.8 Å². The molecule has 7 heteroatoms. The summed E-state index contributed by atoms with van der Waals surface area (Å²) in [5.74, 6) is -0.815. The van der Waals surface area contributed by atoms with Gasteiger partial charge >= 0.3 is 5.97 Å². The molecule has 0 rings (SSSR count). The summed E-state index contributed by atoms with van der Waals surface area (Å²) in [7, 11) is -3.13. The summed E-state index contributed by atoms with van der Waals surface area (Å²) in [6, 6.07) is -0.816. The summed E-state index contributed by atoms with van der Waals surface area (Å²) in [5, 5.41) is 9.70. The van der Waals surface area contributed by atoms with Crippen molar-refractivity contribution < 1.29 is 18.3 Å². The zero-order chi connectivity index (χ0) is 11.8. The number of nitrogens with two attached hydrogens (primary N) is 1. The number of hydrogen-bond acceptors (Lipinski definition) is 5. The van der Waals surface area contributed by atoms with Gasteiger partial charge in [-0.1, -0.05) is 13.2 Å². The van der Waals surface area contributed by atoms with E-state index in [1.807, 2.05) is 0 Å². The van der Waals surface area contributed by atoms with Crippen LogP contribution in [0.4, 0.5) is 0 Å². The fourth-order valence-corrected chi connectivity index (χ4v) is 0.438. The van der Waals surface area contributed by atoms with Gasteiger partial charge in [0, 0.05) is 16.6 Å². The summed E-state index contributed by atoms with van der Waals surface area (Å²) >= 11 is 3.65. The summed E-state index contributed by atoms with van der Waals surface area (Å²) in [5.41, 5.74) is 4.94. The van der Waals surface area contributed by atoms with Crippen molar-refractivity contribution in [3.05, 3.63) is 24.0 Å². The van der Waals surface area contributed by atoms with Crippen LogP contribution in [0.5, 0.6) is 0 Å². The molecule has 14 heavy (non-hydrogen) atoms. The Morgan fingerprint density at radius 3 is 1.86 bits per heavy atom. The molecule has 0 heterocycles. The number of sulfone groups is 1. The summed E-state index contributed by atoms with van der Waals surface area (Å²) in [4.78, 5) is 9.76. The van der Waals surface area contributed by atoms with Crippen molar-refractivity contribution in [1.29, 1.82) is 0 Å². The van der Waals surface area contributed by atoms with E-state index in [2.05, 4.69) is 25.8 Å². The lowest BCUT2D eigenvalue weighted by molar-refractivity contribution is -0.137. The van der Waals surface area contributed by atoms with Crippen LogP contribution in [0.1, 0.15) is 0 Å². The molecular weight excluding hydrogens is 226 g/mol. The van der Waals surface area contributed by atoms with Gasteiger partial charge in [-0.3, -0.25) is 4.79 Å². The van der Waals surface area contributed by atoms with Crippen molar-refractivity contribution in [3.8, 4) is 0 Å². The van der Waals surface area contributed by atoms with Gasteiger partial charge in [-0.25, -0.2) is 8.42 Å². The molecule has 0 saturated heterocycles. The van der Waals surface area contributed by atoms with Crippen molar-refractivity contribution in [2.24, 2.45) is 5.73 Å². The molecule has 0 saturated carbocycles. The first-order chi connectivity index (χ1) is 6.30. The van der Waals surface area contributed by atoms with Gasteiger partial charge in [0.1, 0.15) is 6.04 Å². The number of hydrogen-bond donors (Lipinski definition) is 3. The van der Waals surface area contributed by atoms with Crippen LogP contribution in [0.2, 0.25) is 0 Å². The number of thiol groups is 1. The first kappa shape index (κ1) is 15.7.